The first-order valence-electron chi connectivity index (χ1n) is 5.11. The Balaban J connectivity index is 2.56. The molecule has 2 rings (SSSR count). The van der Waals surface area contributed by atoms with Gasteiger partial charge in [-0.2, -0.15) is 0 Å². The van der Waals surface area contributed by atoms with Crippen LogP contribution in [0.1, 0.15) is 15.9 Å². The van der Waals surface area contributed by atoms with Crippen molar-refractivity contribution >= 4 is 40.6 Å². The van der Waals surface area contributed by atoms with Crippen LogP contribution in [0.25, 0.3) is 0 Å². The Bertz CT molecular complexity index is 645. The number of carbonyl (C=O) groups excluding carboxylic acids is 1. The predicted molar refractivity (Wildman–Crippen MR) is 74.7 cm³/mol. The van der Waals surface area contributed by atoms with Crippen LogP contribution in [0, 0.1) is 0 Å². The Morgan fingerprint density at radius 2 is 1.37 bits per heavy atom. The number of benzene rings is 2. The summed E-state index contributed by atoms with van der Waals surface area (Å²) >= 11 is 17.7. The molecule has 0 spiro atoms. The van der Waals surface area contributed by atoms with E-state index in [1.54, 1.807) is 0 Å². The minimum Gasteiger partial charge on any atom is -0.508 e. The molecule has 3 nitrogen and oxygen atoms in total. The van der Waals surface area contributed by atoms with Crippen LogP contribution >= 0.6 is 34.8 Å². The van der Waals surface area contributed by atoms with E-state index in [9.17, 15) is 15.0 Å². The molecular weight excluding hydrogens is 310 g/mol. The summed E-state index contributed by atoms with van der Waals surface area (Å²) in [7, 11) is 0. The summed E-state index contributed by atoms with van der Waals surface area (Å²) in [5.74, 6) is -0.673. The normalized spacial score (nSPS) is 10.5. The molecule has 0 aliphatic carbocycles. The Morgan fingerprint density at radius 1 is 0.842 bits per heavy atom. The highest BCUT2D eigenvalue weighted by atomic mass is 35.5. The highest BCUT2D eigenvalue weighted by Gasteiger charge is 2.20. The van der Waals surface area contributed by atoms with Gasteiger partial charge >= 0.3 is 0 Å². The molecular formula is C13H7Cl3O3. The third kappa shape index (κ3) is 2.78. The molecule has 0 fully saturated rings. The quantitative estimate of drug-likeness (QED) is 0.812. The zero-order valence-corrected chi connectivity index (χ0v) is 11.6. The lowest BCUT2D eigenvalue weighted by Crippen LogP contribution is -2.04. The fourth-order valence-corrected chi connectivity index (χ4v) is 2.51. The second-order valence-electron chi connectivity index (χ2n) is 3.78. The zero-order valence-electron chi connectivity index (χ0n) is 9.32. The number of carbonyl (C=O) groups is 1. The molecule has 0 aliphatic heterocycles. The Hall–Kier alpha value is -1.42. The van der Waals surface area contributed by atoms with E-state index in [4.69, 9.17) is 34.8 Å². The van der Waals surface area contributed by atoms with Gasteiger partial charge in [0, 0.05) is 5.56 Å². The van der Waals surface area contributed by atoms with Crippen LogP contribution in [0.5, 0.6) is 11.5 Å². The molecule has 6 heteroatoms. The first-order valence-corrected chi connectivity index (χ1v) is 6.24. The van der Waals surface area contributed by atoms with Crippen molar-refractivity contribution in [3.05, 3.63) is 56.5 Å². The van der Waals surface area contributed by atoms with Gasteiger partial charge in [-0.3, -0.25) is 4.79 Å². The zero-order chi connectivity index (χ0) is 14.2. The highest BCUT2D eigenvalue weighted by molar-refractivity contribution is 6.42. The van der Waals surface area contributed by atoms with Crippen molar-refractivity contribution in [3.8, 4) is 11.5 Å². The number of aromatic hydroxyl groups is 2. The van der Waals surface area contributed by atoms with E-state index in [0.29, 0.717) is 0 Å². The van der Waals surface area contributed by atoms with Gasteiger partial charge in [-0.05, 0) is 30.3 Å². The summed E-state index contributed by atoms with van der Waals surface area (Å²) < 4.78 is 0. The van der Waals surface area contributed by atoms with Crippen LogP contribution in [-0.4, -0.2) is 16.0 Å². The number of ketones is 1. The number of rotatable bonds is 2. The smallest absolute Gasteiger partial charge is 0.197 e. The van der Waals surface area contributed by atoms with Gasteiger partial charge in [0.15, 0.2) is 5.78 Å². The number of hydrogen-bond acceptors (Lipinski definition) is 3. The lowest BCUT2D eigenvalue weighted by molar-refractivity contribution is 0.103. The standard InChI is InChI=1S/C13H7Cl3O3/c14-9-3-6(17)1-2-8(9)13(19)12-10(15)4-7(18)5-11(12)16/h1-5,17-18H. The SMILES string of the molecule is O=C(c1ccc(O)cc1Cl)c1c(Cl)cc(O)cc1Cl. The minimum atomic E-state index is -0.486. The third-order valence-corrected chi connectivity index (χ3v) is 3.36. The molecule has 2 aromatic rings. The van der Waals surface area contributed by atoms with Crippen molar-refractivity contribution in [2.75, 3.05) is 0 Å². The average Bonchev–Trinajstić information content (AvgIpc) is 2.26. The Kier molecular flexibility index (Phi) is 3.90. The van der Waals surface area contributed by atoms with Crippen molar-refractivity contribution in [1.82, 2.24) is 0 Å². The summed E-state index contributed by atoms with van der Waals surface area (Å²) in [5, 5.41) is 18.7. The lowest BCUT2D eigenvalue weighted by Gasteiger charge is -2.08. The molecule has 0 saturated heterocycles. The van der Waals surface area contributed by atoms with Gasteiger partial charge in [-0.25, -0.2) is 0 Å². The lowest BCUT2D eigenvalue weighted by atomic mass is 10.0. The second kappa shape index (κ2) is 5.29. The van der Waals surface area contributed by atoms with E-state index < -0.39 is 5.78 Å². The van der Waals surface area contributed by atoms with E-state index in [2.05, 4.69) is 0 Å². The van der Waals surface area contributed by atoms with Gasteiger partial charge in [-0.1, -0.05) is 34.8 Å². The van der Waals surface area contributed by atoms with Gasteiger partial charge in [0.1, 0.15) is 11.5 Å². The van der Waals surface area contributed by atoms with Gasteiger partial charge in [0.05, 0.1) is 20.6 Å². The maximum atomic E-state index is 12.3. The largest absolute Gasteiger partial charge is 0.508 e. The fourth-order valence-electron chi connectivity index (χ4n) is 1.60. The van der Waals surface area contributed by atoms with Crippen molar-refractivity contribution in [2.45, 2.75) is 0 Å². The number of halogens is 3. The summed E-state index contributed by atoms with van der Waals surface area (Å²) in [6, 6.07) is 6.39. The fraction of sp³-hybridized carbons (Fsp3) is 0. The topological polar surface area (TPSA) is 57.5 Å². The summed E-state index contributed by atoms with van der Waals surface area (Å²) in [4.78, 5) is 12.3. The predicted octanol–water partition coefficient (Wildman–Crippen LogP) is 4.29. The second-order valence-corrected chi connectivity index (χ2v) is 5.00. The maximum absolute atomic E-state index is 12.3. The number of phenols is 2. The third-order valence-electron chi connectivity index (χ3n) is 2.45. The molecule has 0 atom stereocenters. The molecule has 2 aromatic carbocycles. The molecule has 19 heavy (non-hydrogen) atoms. The molecule has 0 heterocycles. The van der Waals surface area contributed by atoms with Crippen molar-refractivity contribution < 1.29 is 15.0 Å². The highest BCUT2D eigenvalue weighted by Crippen LogP contribution is 2.33. The average molecular weight is 318 g/mol. The minimum absolute atomic E-state index is 0.0270. The summed E-state index contributed by atoms with van der Waals surface area (Å²) in [6.45, 7) is 0. The van der Waals surface area contributed by atoms with Crippen molar-refractivity contribution in [1.29, 1.82) is 0 Å². The van der Waals surface area contributed by atoms with E-state index in [0.717, 1.165) is 0 Å². The molecule has 0 radical (unpaired) electrons. The van der Waals surface area contributed by atoms with E-state index in [1.807, 2.05) is 0 Å². The number of hydrogen-bond donors (Lipinski definition) is 2. The van der Waals surface area contributed by atoms with Gasteiger partial charge in [-0.15, -0.1) is 0 Å². The first kappa shape index (κ1) is 14.0. The Morgan fingerprint density at radius 3 is 1.89 bits per heavy atom. The van der Waals surface area contributed by atoms with Gasteiger partial charge < -0.3 is 10.2 Å². The molecule has 0 aromatic heterocycles. The number of phenolic OH excluding ortho intramolecular Hbond substituents is 2. The molecule has 0 bridgehead atoms. The van der Waals surface area contributed by atoms with Crippen LogP contribution in [0.4, 0.5) is 0 Å². The molecule has 0 amide bonds. The molecule has 0 unspecified atom stereocenters. The van der Waals surface area contributed by atoms with E-state index in [1.165, 1.54) is 30.3 Å². The van der Waals surface area contributed by atoms with E-state index >= 15 is 0 Å². The van der Waals surface area contributed by atoms with Gasteiger partial charge in [0.2, 0.25) is 0 Å². The molecule has 0 saturated carbocycles. The monoisotopic (exact) mass is 316 g/mol. The van der Waals surface area contributed by atoms with Crippen LogP contribution in [-0.2, 0) is 0 Å². The van der Waals surface area contributed by atoms with Crippen LogP contribution < -0.4 is 0 Å². The van der Waals surface area contributed by atoms with Crippen molar-refractivity contribution in [3.63, 3.8) is 0 Å². The summed E-state index contributed by atoms with van der Waals surface area (Å²) in [5.41, 5.74) is 0.211. The molecule has 2 N–H and O–H groups in total. The maximum Gasteiger partial charge on any atom is 0.197 e. The van der Waals surface area contributed by atoms with Crippen LogP contribution in [0.3, 0.4) is 0 Å². The van der Waals surface area contributed by atoms with Gasteiger partial charge in [0.25, 0.3) is 0 Å². The molecule has 0 aliphatic rings. The van der Waals surface area contributed by atoms with Crippen LogP contribution in [0.15, 0.2) is 30.3 Å². The first-order chi connectivity index (χ1) is 8.90. The van der Waals surface area contributed by atoms with Crippen molar-refractivity contribution in [2.24, 2.45) is 0 Å². The van der Waals surface area contributed by atoms with Crippen LogP contribution in [0.2, 0.25) is 15.1 Å². The summed E-state index contributed by atoms with van der Waals surface area (Å²) in [6.07, 6.45) is 0. The Labute approximate surface area is 124 Å². The van der Waals surface area contributed by atoms with E-state index in [-0.39, 0.29) is 37.7 Å². The molecule has 98 valence electrons.